The van der Waals surface area contributed by atoms with Gasteiger partial charge in [0.15, 0.2) is 0 Å². The molecule has 2 aliphatic rings. The normalized spacial score (nSPS) is 28.5. The zero-order valence-corrected chi connectivity index (χ0v) is 13.6. The molecule has 122 valence electrons. The van der Waals surface area contributed by atoms with Crippen LogP contribution < -0.4 is 4.74 Å². The van der Waals surface area contributed by atoms with Gasteiger partial charge < -0.3 is 4.74 Å². The Kier molecular flexibility index (Phi) is 4.13. The first-order valence-electron chi connectivity index (χ1n) is 7.49. The molecule has 1 aromatic carbocycles. The van der Waals surface area contributed by atoms with Gasteiger partial charge in [-0.05, 0) is 49.4 Å². The van der Waals surface area contributed by atoms with Crippen molar-refractivity contribution in [2.75, 3.05) is 20.7 Å². The van der Waals surface area contributed by atoms with Gasteiger partial charge in [-0.15, -0.1) is 0 Å². The first-order valence-corrected chi connectivity index (χ1v) is 8.88. The third-order valence-corrected chi connectivity index (χ3v) is 6.66. The predicted molar refractivity (Wildman–Crippen MR) is 81.3 cm³/mol. The summed E-state index contributed by atoms with van der Waals surface area (Å²) in [5.41, 5.74) is 0. The van der Waals surface area contributed by atoms with Crippen LogP contribution in [0.15, 0.2) is 24.3 Å². The smallest absolute Gasteiger partial charge is 0.282 e. The van der Waals surface area contributed by atoms with E-state index in [1.807, 2.05) is 0 Å². The molecule has 0 aromatic heterocycles. The number of halogens is 1. The molecule has 7 heteroatoms. The van der Waals surface area contributed by atoms with Crippen molar-refractivity contribution in [3.05, 3.63) is 30.1 Å². The summed E-state index contributed by atoms with van der Waals surface area (Å²) in [6.45, 7) is 0.305. The molecular weight excluding hydrogens is 307 g/mol. The molecule has 3 atom stereocenters. The van der Waals surface area contributed by atoms with E-state index >= 15 is 0 Å². The first-order chi connectivity index (χ1) is 10.4. The summed E-state index contributed by atoms with van der Waals surface area (Å²) in [6, 6.07) is 5.74. The van der Waals surface area contributed by atoms with Crippen LogP contribution in [0.1, 0.15) is 19.3 Å². The van der Waals surface area contributed by atoms with E-state index in [1.165, 1.54) is 16.4 Å². The minimum absolute atomic E-state index is 0.0826. The van der Waals surface area contributed by atoms with E-state index in [9.17, 15) is 12.8 Å². The molecule has 5 nitrogen and oxygen atoms in total. The zero-order chi connectivity index (χ0) is 15.9. The van der Waals surface area contributed by atoms with E-state index < -0.39 is 10.2 Å². The molecule has 1 saturated carbocycles. The SMILES string of the molecule is CN(C)S(=O)(=O)N1[C@@H]2CC[C@H](C2)[C@H]1COc1ccc(F)cc1. The molecular formula is C15H21FN2O3S. The Morgan fingerprint density at radius 3 is 2.59 bits per heavy atom. The van der Waals surface area contributed by atoms with Gasteiger partial charge in [-0.2, -0.15) is 17.0 Å². The Balaban J connectivity index is 1.75. The lowest BCUT2D eigenvalue weighted by molar-refractivity contribution is 0.157. The van der Waals surface area contributed by atoms with Crippen molar-refractivity contribution in [2.45, 2.75) is 31.3 Å². The molecule has 1 heterocycles. The van der Waals surface area contributed by atoms with E-state index in [1.54, 1.807) is 30.5 Å². The molecule has 1 aromatic rings. The van der Waals surface area contributed by atoms with Crippen LogP contribution in [0, 0.1) is 11.7 Å². The number of rotatable bonds is 5. The second-order valence-electron chi connectivity index (χ2n) is 6.18. The molecule has 1 aliphatic heterocycles. The Morgan fingerprint density at radius 1 is 1.27 bits per heavy atom. The minimum Gasteiger partial charge on any atom is -0.492 e. The van der Waals surface area contributed by atoms with Crippen molar-refractivity contribution in [3.8, 4) is 5.75 Å². The van der Waals surface area contributed by atoms with Gasteiger partial charge in [0.2, 0.25) is 0 Å². The summed E-state index contributed by atoms with van der Waals surface area (Å²) >= 11 is 0. The predicted octanol–water partition coefficient (Wildman–Crippen LogP) is 1.86. The van der Waals surface area contributed by atoms with Crippen molar-refractivity contribution >= 4 is 10.2 Å². The van der Waals surface area contributed by atoms with Crippen molar-refractivity contribution in [1.82, 2.24) is 8.61 Å². The van der Waals surface area contributed by atoms with E-state index in [2.05, 4.69) is 0 Å². The van der Waals surface area contributed by atoms with Gasteiger partial charge in [0, 0.05) is 20.1 Å². The molecule has 2 fully saturated rings. The number of ether oxygens (including phenoxy) is 1. The quantitative estimate of drug-likeness (QED) is 0.829. The van der Waals surface area contributed by atoms with Crippen LogP contribution in [0.2, 0.25) is 0 Å². The van der Waals surface area contributed by atoms with E-state index in [-0.39, 0.29) is 17.9 Å². The summed E-state index contributed by atoms with van der Waals surface area (Å²) in [5, 5.41) is 0. The Morgan fingerprint density at radius 2 is 1.95 bits per heavy atom. The fraction of sp³-hybridized carbons (Fsp3) is 0.600. The monoisotopic (exact) mass is 328 g/mol. The highest BCUT2D eigenvalue weighted by atomic mass is 32.2. The highest BCUT2D eigenvalue weighted by Gasteiger charge is 2.51. The number of hydrogen-bond acceptors (Lipinski definition) is 3. The molecule has 1 aliphatic carbocycles. The number of fused-ring (bicyclic) bond motifs is 2. The molecule has 3 rings (SSSR count). The molecule has 2 bridgehead atoms. The number of piperidine rings is 1. The molecule has 1 saturated heterocycles. The highest BCUT2D eigenvalue weighted by molar-refractivity contribution is 7.86. The van der Waals surface area contributed by atoms with Gasteiger partial charge in [-0.25, -0.2) is 4.39 Å². The van der Waals surface area contributed by atoms with E-state index in [0.29, 0.717) is 18.3 Å². The zero-order valence-electron chi connectivity index (χ0n) is 12.8. The van der Waals surface area contributed by atoms with E-state index in [0.717, 1.165) is 19.3 Å². The van der Waals surface area contributed by atoms with Crippen molar-refractivity contribution < 1.29 is 17.5 Å². The van der Waals surface area contributed by atoms with Gasteiger partial charge in [0.25, 0.3) is 10.2 Å². The lowest BCUT2D eigenvalue weighted by Crippen LogP contribution is -2.51. The Bertz CT molecular complexity index is 633. The van der Waals surface area contributed by atoms with Gasteiger partial charge in [0.05, 0.1) is 6.04 Å². The van der Waals surface area contributed by atoms with Crippen LogP contribution in [0.5, 0.6) is 5.75 Å². The minimum atomic E-state index is -3.44. The molecule has 22 heavy (non-hydrogen) atoms. The largest absolute Gasteiger partial charge is 0.492 e. The van der Waals surface area contributed by atoms with Crippen molar-refractivity contribution in [2.24, 2.45) is 5.92 Å². The van der Waals surface area contributed by atoms with Gasteiger partial charge in [0.1, 0.15) is 18.2 Å². The van der Waals surface area contributed by atoms with Gasteiger partial charge in [-0.3, -0.25) is 0 Å². The van der Waals surface area contributed by atoms with Crippen LogP contribution in [0.4, 0.5) is 4.39 Å². The number of nitrogens with zero attached hydrogens (tertiary/aromatic N) is 2. The molecule has 0 amide bonds. The summed E-state index contributed by atoms with van der Waals surface area (Å²) < 4.78 is 46.6. The molecule has 0 radical (unpaired) electrons. The summed E-state index contributed by atoms with van der Waals surface area (Å²) in [5.74, 6) is 0.593. The summed E-state index contributed by atoms with van der Waals surface area (Å²) in [7, 11) is -0.332. The van der Waals surface area contributed by atoms with Crippen molar-refractivity contribution in [1.29, 1.82) is 0 Å². The van der Waals surface area contributed by atoms with Crippen LogP contribution in [0.3, 0.4) is 0 Å². The van der Waals surface area contributed by atoms with Crippen LogP contribution in [0.25, 0.3) is 0 Å². The average Bonchev–Trinajstić information content (AvgIpc) is 3.07. The van der Waals surface area contributed by atoms with Crippen LogP contribution in [-0.2, 0) is 10.2 Å². The maximum absolute atomic E-state index is 12.9. The Labute approximate surface area is 130 Å². The van der Waals surface area contributed by atoms with Gasteiger partial charge in [-0.1, -0.05) is 0 Å². The maximum Gasteiger partial charge on any atom is 0.282 e. The molecule has 0 unspecified atom stereocenters. The van der Waals surface area contributed by atoms with E-state index in [4.69, 9.17) is 4.74 Å². The summed E-state index contributed by atoms with van der Waals surface area (Å²) in [6.07, 6.45) is 2.87. The third kappa shape index (κ3) is 2.73. The first kappa shape index (κ1) is 15.7. The van der Waals surface area contributed by atoms with Crippen LogP contribution in [-0.4, -0.2) is 49.8 Å². The lowest BCUT2D eigenvalue weighted by Gasteiger charge is -2.35. The highest BCUT2D eigenvalue weighted by Crippen LogP contribution is 2.44. The maximum atomic E-state index is 12.9. The second kappa shape index (κ2) is 5.79. The van der Waals surface area contributed by atoms with Crippen molar-refractivity contribution in [3.63, 3.8) is 0 Å². The summed E-state index contributed by atoms with van der Waals surface area (Å²) in [4.78, 5) is 0. The average molecular weight is 328 g/mol. The number of hydrogen-bond donors (Lipinski definition) is 0. The topological polar surface area (TPSA) is 49.9 Å². The molecule has 0 N–H and O–H groups in total. The fourth-order valence-corrected chi connectivity index (χ4v) is 5.04. The van der Waals surface area contributed by atoms with Crippen LogP contribution >= 0.6 is 0 Å². The standard InChI is InChI=1S/C15H21FN2O3S/c1-17(2)22(19,20)18-13-6-3-11(9-13)15(18)10-21-14-7-4-12(16)5-8-14/h4-5,7-8,11,13,15H,3,6,9-10H2,1-2H3/t11-,13-,15-/m1/s1. The second-order valence-corrected chi connectivity index (χ2v) is 8.23. The molecule has 0 spiro atoms. The number of benzene rings is 1. The third-order valence-electron chi connectivity index (χ3n) is 4.64. The fourth-order valence-electron chi connectivity index (χ4n) is 3.52. The van der Waals surface area contributed by atoms with Gasteiger partial charge >= 0.3 is 0 Å². The lowest BCUT2D eigenvalue weighted by atomic mass is 10.0. The Hall–Kier alpha value is -1.18.